The van der Waals surface area contributed by atoms with E-state index >= 15 is 0 Å². The van der Waals surface area contributed by atoms with Crippen LogP contribution in [-0.2, 0) is 33.4 Å². The van der Waals surface area contributed by atoms with E-state index in [0.717, 1.165) is 96.4 Å². The molecule has 4 heterocycles. The fraction of sp³-hybridized carbons (Fsp3) is 0.932. The Bertz CT molecular complexity index is 2060. The Morgan fingerprint density at radius 3 is 1.22 bits per heavy atom. The van der Waals surface area contributed by atoms with Gasteiger partial charge in [0.25, 0.3) is 0 Å². The van der Waals surface area contributed by atoms with Crippen LogP contribution in [0.2, 0.25) is 0 Å². The van der Waals surface area contributed by atoms with Gasteiger partial charge in [-0.1, -0.05) is 82.6 Å². The number of nitrogens with one attached hydrogen (secondary N) is 5. The zero-order valence-electron chi connectivity index (χ0n) is 64.8. The summed E-state index contributed by atoms with van der Waals surface area (Å²) in [6.07, 6.45) is 14.2. The number of ether oxygens (including phenoxy) is 2. The molecule has 16 heteroatoms. The minimum absolute atomic E-state index is 0.0169. The summed E-state index contributed by atoms with van der Waals surface area (Å²) in [7, 11) is 0. The smallest absolute Gasteiger partial charge is 0.311 e. The van der Waals surface area contributed by atoms with Gasteiger partial charge in [0.15, 0.2) is 0 Å². The number of nitrogens with zero attached hydrogens (tertiary/aromatic N) is 3. The summed E-state index contributed by atoms with van der Waals surface area (Å²) in [5.41, 5.74) is -2.13. The van der Waals surface area contributed by atoms with Gasteiger partial charge in [-0.25, -0.2) is 0 Å². The Labute approximate surface area is 554 Å². The quantitative estimate of drug-likeness (QED) is 0.0443. The SMILES string of the molecule is CCC(C)(C)C(=O)NC1CC(C)(C)NC(C)(C)C1.CCC(C)(C)C(=O)NCCCN1CCCCC1C.CCC(C)(C)C(=O)NCCN(C(C)C)C(C)C.CCC(C)(C)C(=O)OC1CC(C)(C)N(O)C(C)(C)C1.CCC(C)(C)C(=O)OC1CC(C)(C)NC(C)(C)C1. The third kappa shape index (κ3) is 30.7. The lowest BCUT2D eigenvalue weighted by atomic mass is 9.79. The van der Waals surface area contributed by atoms with Crippen LogP contribution in [0.3, 0.4) is 0 Å². The molecule has 0 bridgehead atoms. The first kappa shape index (κ1) is 87.1. The minimum atomic E-state index is -0.440. The van der Waals surface area contributed by atoms with Crippen LogP contribution >= 0.6 is 0 Å². The van der Waals surface area contributed by atoms with E-state index in [1.54, 1.807) is 0 Å². The van der Waals surface area contributed by atoms with Gasteiger partial charge >= 0.3 is 11.9 Å². The van der Waals surface area contributed by atoms with Gasteiger partial charge in [0.2, 0.25) is 17.7 Å². The Morgan fingerprint density at radius 2 is 0.867 bits per heavy atom. The van der Waals surface area contributed by atoms with Crippen molar-refractivity contribution in [3.8, 4) is 0 Å². The molecule has 532 valence electrons. The first-order valence-electron chi connectivity index (χ1n) is 35.4. The summed E-state index contributed by atoms with van der Waals surface area (Å²) in [4.78, 5) is 65.3. The number of amides is 3. The zero-order chi connectivity index (χ0) is 70.7. The van der Waals surface area contributed by atoms with Crippen LogP contribution in [-0.4, -0.2) is 152 Å². The Balaban J connectivity index is 0.00000110. The van der Waals surface area contributed by atoms with Crippen LogP contribution in [0.5, 0.6) is 0 Å². The predicted molar refractivity (Wildman–Crippen MR) is 377 cm³/mol. The lowest BCUT2D eigenvalue weighted by Gasteiger charge is -2.51. The molecule has 0 aromatic rings. The Kier molecular flexibility index (Phi) is 34.6. The molecule has 0 radical (unpaired) electrons. The number of hydroxylamine groups is 2. The first-order valence-corrected chi connectivity index (χ1v) is 35.4. The largest absolute Gasteiger partial charge is 0.462 e. The molecule has 3 amide bonds. The van der Waals surface area contributed by atoms with E-state index in [-0.39, 0.29) is 103 Å². The van der Waals surface area contributed by atoms with Gasteiger partial charge in [-0.05, 0) is 216 Å². The highest BCUT2D eigenvalue weighted by Gasteiger charge is 2.48. The number of hydrogen-bond donors (Lipinski definition) is 6. The van der Waals surface area contributed by atoms with Crippen LogP contribution in [0.4, 0.5) is 0 Å². The maximum Gasteiger partial charge on any atom is 0.311 e. The summed E-state index contributed by atoms with van der Waals surface area (Å²) < 4.78 is 11.4. The van der Waals surface area contributed by atoms with E-state index in [0.29, 0.717) is 24.9 Å². The van der Waals surface area contributed by atoms with Crippen LogP contribution in [0.25, 0.3) is 0 Å². The lowest BCUT2D eigenvalue weighted by molar-refractivity contribution is -0.260. The monoisotopic (exact) mass is 1280 g/mol. The number of esters is 2. The topological polar surface area (TPSA) is 194 Å². The summed E-state index contributed by atoms with van der Waals surface area (Å²) >= 11 is 0. The second-order valence-electron chi connectivity index (χ2n) is 35.0. The van der Waals surface area contributed by atoms with Gasteiger partial charge in [0.1, 0.15) is 12.2 Å². The molecule has 0 saturated carbocycles. The average molecular weight is 1280 g/mol. The highest BCUT2D eigenvalue weighted by molar-refractivity contribution is 5.83. The summed E-state index contributed by atoms with van der Waals surface area (Å²) in [5.74, 6) is 0.328. The molecule has 4 saturated heterocycles. The number of piperidine rings is 4. The van der Waals surface area contributed by atoms with E-state index in [1.165, 1.54) is 30.9 Å². The second-order valence-corrected chi connectivity index (χ2v) is 35.0. The first-order chi connectivity index (χ1) is 40.6. The van der Waals surface area contributed by atoms with Crippen LogP contribution in [0.1, 0.15) is 318 Å². The molecule has 4 rings (SSSR count). The van der Waals surface area contributed by atoms with Crippen molar-refractivity contribution in [2.75, 3.05) is 32.7 Å². The summed E-state index contributed by atoms with van der Waals surface area (Å²) in [6.45, 7) is 71.2. The summed E-state index contributed by atoms with van der Waals surface area (Å²) in [6, 6.07) is 2.04. The highest BCUT2D eigenvalue weighted by atomic mass is 16.6. The molecule has 1 unspecified atom stereocenters. The lowest BCUT2D eigenvalue weighted by Crippen LogP contribution is -2.62. The van der Waals surface area contributed by atoms with E-state index in [9.17, 15) is 29.2 Å². The average Bonchev–Trinajstić information content (AvgIpc) is 1.10. The molecule has 6 N–H and O–H groups in total. The molecule has 1 atom stereocenters. The number of carbonyl (C=O) groups excluding carboxylic acids is 5. The number of rotatable bonds is 22. The summed E-state index contributed by atoms with van der Waals surface area (Å²) in [5, 5.41) is 28.2. The second kappa shape index (κ2) is 35.7. The van der Waals surface area contributed by atoms with Crippen LogP contribution in [0.15, 0.2) is 0 Å². The van der Waals surface area contributed by atoms with Crippen molar-refractivity contribution in [1.29, 1.82) is 0 Å². The molecule has 4 aliphatic rings. The van der Waals surface area contributed by atoms with Crippen molar-refractivity contribution in [3.05, 3.63) is 0 Å². The van der Waals surface area contributed by atoms with Gasteiger partial charge in [-0.2, -0.15) is 5.06 Å². The predicted octanol–water partition coefficient (Wildman–Crippen LogP) is 15.0. The molecular formula is C74H148N8O8. The van der Waals surface area contributed by atoms with Gasteiger partial charge in [-0.3, -0.25) is 28.9 Å². The normalized spacial score (nSPS) is 21.4. The third-order valence-corrected chi connectivity index (χ3v) is 20.0. The molecule has 0 aliphatic carbocycles. The number of likely N-dealkylation sites (tertiary alicyclic amines) is 1. The van der Waals surface area contributed by atoms with E-state index in [2.05, 4.69) is 140 Å². The van der Waals surface area contributed by atoms with Crippen molar-refractivity contribution in [3.63, 3.8) is 0 Å². The zero-order valence-corrected chi connectivity index (χ0v) is 64.8. The molecule has 0 aromatic heterocycles. The van der Waals surface area contributed by atoms with Crippen molar-refractivity contribution in [2.24, 2.45) is 27.1 Å². The fourth-order valence-corrected chi connectivity index (χ4v) is 12.6. The molecule has 4 fully saturated rings. The highest BCUT2D eigenvalue weighted by Crippen LogP contribution is 2.39. The minimum Gasteiger partial charge on any atom is -0.462 e. The van der Waals surface area contributed by atoms with Gasteiger partial charge < -0.3 is 46.2 Å². The maximum atomic E-state index is 12.3. The van der Waals surface area contributed by atoms with E-state index in [4.69, 9.17) is 9.47 Å². The van der Waals surface area contributed by atoms with Gasteiger partial charge in [-0.15, -0.1) is 0 Å². The Morgan fingerprint density at radius 1 is 0.522 bits per heavy atom. The maximum absolute atomic E-state index is 12.3. The number of hydrogen-bond acceptors (Lipinski definition) is 13. The molecule has 4 aliphatic heterocycles. The standard InChI is InChI=1S/2C15H30N2O.C15H29NO3.C15H29NO2.C14H30N2O/c1-8-13(2,3)12(18)16-11-9-14(4,5)17-15(6,7)10-11;1-5-15(3,4)14(18)16-10-8-12-17-11-7-6-9-13(17)2;1-8-13(2,3)12(17)19-11-9-14(4,5)16(18)15(6,7)10-11;1-8-13(2,3)12(17)18-11-9-14(4,5)16-15(6,7)10-11;1-8-14(6,7)13(17)15-9-10-16(11(2)3)12(4)5/h11,17H,8-10H2,1-7H3,(H,16,18);13H,5-12H2,1-4H3,(H,16,18);11,18H,8-10H2,1-7H3;11,16H,8-10H2,1-7H3;11-12H,8-10H2,1-7H3,(H,15,17). The van der Waals surface area contributed by atoms with Crippen molar-refractivity contribution in [1.82, 2.24) is 41.4 Å². The molecule has 16 nitrogen and oxygen atoms in total. The van der Waals surface area contributed by atoms with Crippen molar-refractivity contribution >= 4 is 29.7 Å². The Hall–Kier alpha value is -2.89. The van der Waals surface area contributed by atoms with Gasteiger partial charge in [0.05, 0.1) is 10.8 Å². The van der Waals surface area contributed by atoms with Crippen molar-refractivity contribution < 1.29 is 38.7 Å². The molecule has 90 heavy (non-hydrogen) atoms. The fourth-order valence-electron chi connectivity index (χ4n) is 12.6. The van der Waals surface area contributed by atoms with Crippen molar-refractivity contribution in [2.45, 2.75) is 387 Å². The third-order valence-electron chi connectivity index (χ3n) is 20.0. The van der Waals surface area contributed by atoms with Gasteiger partial charge in [0, 0.05) is 126 Å². The molecule has 0 spiro atoms. The van der Waals surface area contributed by atoms with E-state index < -0.39 is 5.41 Å². The molecular weight excluding hydrogens is 1130 g/mol. The van der Waals surface area contributed by atoms with Crippen LogP contribution < -0.4 is 26.6 Å². The van der Waals surface area contributed by atoms with E-state index in [1.807, 2.05) is 118 Å². The molecule has 0 aromatic carbocycles. The number of carbonyl (C=O) groups is 5. The van der Waals surface area contributed by atoms with Crippen LogP contribution in [0, 0.1) is 27.1 Å².